The van der Waals surface area contributed by atoms with E-state index in [4.69, 9.17) is 9.26 Å². The van der Waals surface area contributed by atoms with Crippen LogP contribution in [0, 0.1) is 0 Å². The molecule has 2 heterocycles. The Labute approximate surface area is 163 Å². The number of hydrogen-bond donors (Lipinski definition) is 0. The van der Waals surface area contributed by atoms with Gasteiger partial charge in [-0.3, -0.25) is 0 Å². The van der Waals surface area contributed by atoms with Crippen LogP contribution in [0.4, 0.5) is 0 Å². The molecule has 0 N–H and O–H groups in total. The molecule has 144 valence electrons. The first-order valence-electron chi connectivity index (χ1n) is 9.27. The molecule has 0 spiro atoms. The molecular weight excluding hydrogens is 362 g/mol. The fourth-order valence-corrected chi connectivity index (χ4v) is 3.47. The van der Waals surface area contributed by atoms with E-state index in [0.29, 0.717) is 11.6 Å². The van der Waals surface area contributed by atoms with E-state index < -0.39 is 0 Å². The molecule has 0 fully saturated rings. The summed E-state index contributed by atoms with van der Waals surface area (Å²) >= 11 is 1.57. The van der Waals surface area contributed by atoms with E-state index >= 15 is 0 Å². The van der Waals surface area contributed by atoms with Crippen molar-refractivity contribution < 1.29 is 9.26 Å². The number of unbranched alkanes of at least 4 members (excludes halogenated alkanes) is 1. The van der Waals surface area contributed by atoms with E-state index in [0.717, 1.165) is 60.3 Å². The number of hydrogen-bond acceptors (Lipinski definition) is 7. The maximum atomic E-state index is 5.32. The standard InChI is InChI=1S/C19H25N5O2S/c1-4-6-12-24-18(14-8-10-15(25-3)11-9-14)21-22-19(24)27-13-17-20-16(7-5-2)23-26-17/h8-11H,4-7,12-13H2,1-3H3. The maximum absolute atomic E-state index is 5.32. The lowest BCUT2D eigenvalue weighted by molar-refractivity contribution is 0.384. The summed E-state index contributed by atoms with van der Waals surface area (Å²) in [6.45, 7) is 5.15. The molecule has 7 nitrogen and oxygen atoms in total. The maximum Gasteiger partial charge on any atom is 0.237 e. The van der Waals surface area contributed by atoms with Gasteiger partial charge in [0.15, 0.2) is 16.8 Å². The number of ether oxygens (including phenoxy) is 1. The normalized spacial score (nSPS) is 11.1. The molecule has 0 radical (unpaired) electrons. The SMILES string of the molecule is CCCCn1c(SCc2nc(CCC)no2)nnc1-c1ccc(OC)cc1. The highest BCUT2D eigenvalue weighted by atomic mass is 32.2. The Kier molecular flexibility index (Phi) is 6.86. The molecule has 0 aliphatic carbocycles. The van der Waals surface area contributed by atoms with Gasteiger partial charge in [0.25, 0.3) is 0 Å². The van der Waals surface area contributed by atoms with Crippen LogP contribution in [0.15, 0.2) is 33.9 Å². The van der Waals surface area contributed by atoms with E-state index in [-0.39, 0.29) is 0 Å². The molecule has 0 amide bonds. The average Bonchev–Trinajstić information content (AvgIpc) is 3.31. The molecular formula is C19H25N5O2S. The number of nitrogens with zero attached hydrogens (tertiary/aromatic N) is 5. The van der Waals surface area contributed by atoms with Gasteiger partial charge in [-0.05, 0) is 37.1 Å². The topological polar surface area (TPSA) is 78.9 Å². The first-order chi connectivity index (χ1) is 13.2. The third-order valence-electron chi connectivity index (χ3n) is 4.11. The highest BCUT2D eigenvalue weighted by Gasteiger charge is 2.16. The summed E-state index contributed by atoms with van der Waals surface area (Å²) < 4.78 is 12.7. The Hall–Kier alpha value is -2.35. The summed E-state index contributed by atoms with van der Waals surface area (Å²) in [5.74, 6) is 3.67. The lowest BCUT2D eigenvalue weighted by Crippen LogP contribution is -2.03. The van der Waals surface area contributed by atoms with Crippen molar-refractivity contribution in [1.82, 2.24) is 24.9 Å². The van der Waals surface area contributed by atoms with Gasteiger partial charge < -0.3 is 13.8 Å². The van der Waals surface area contributed by atoms with Crippen LogP contribution in [0.1, 0.15) is 44.8 Å². The van der Waals surface area contributed by atoms with Crippen molar-refractivity contribution in [2.75, 3.05) is 7.11 Å². The predicted octanol–water partition coefficient (Wildman–Crippen LogP) is 4.38. The summed E-state index contributed by atoms with van der Waals surface area (Å²) in [6, 6.07) is 7.90. The van der Waals surface area contributed by atoms with E-state index in [2.05, 4.69) is 38.8 Å². The van der Waals surface area contributed by atoms with Crippen LogP contribution in [0.5, 0.6) is 5.75 Å². The van der Waals surface area contributed by atoms with Crippen molar-refractivity contribution >= 4 is 11.8 Å². The Bertz CT molecular complexity index is 844. The minimum Gasteiger partial charge on any atom is -0.497 e. The van der Waals surface area contributed by atoms with Gasteiger partial charge in [-0.25, -0.2) is 0 Å². The van der Waals surface area contributed by atoms with Crippen LogP contribution in [0.3, 0.4) is 0 Å². The lowest BCUT2D eigenvalue weighted by atomic mass is 10.2. The molecule has 3 aromatic rings. The van der Waals surface area contributed by atoms with E-state index in [9.17, 15) is 0 Å². The van der Waals surface area contributed by atoms with E-state index in [1.807, 2.05) is 24.3 Å². The molecule has 0 bridgehead atoms. The highest BCUT2D eigenvalue weighted by molar-refractivity contribution is 7.98. The number of benzene rings is 1. The molecule has 0 aliphatic heterocycles. The van der Waals surface area contributed by atoms with Crippen molar-refractivity contribution in [3.05, 3.63) is 36.0 Å². The number of aromatic nitrogens is 5. The van der Waals surface area contributed by atoms with Gasteiger partial charge in [-0.2, -0.15) is 4.98 Å². The minimum atomic E-state index is 0.587. The molecule has 0 atom stereocenters. The highest BCUT2D eigenvalue weighted by Crippen LogP contribution is 2.27. The van der Waals surface area contributed by atoms with Crippen LogP contribution in [-0.2, 0) is 18.7 Å². The van der Waals surface area contributed by atoms with Gasteiger partial charge in [0.2, 0.25) is 5.89 Å². The summed E-state index contributed by atoms with van der Waals surface area (Å²) in [5, 5.41) is 13.7. The molecule has 0 saturated carbocycles. The van der Waals surface area contributed by atoms with Crippen molar-refractivity contribution in [3.8, 4) is 17.1 Å². The van der Waals surface area contributed by atoms with Gasteiger partial charge in [0.05, 0.1) is 12.9 Å². The molecule has 0 unspecified atom stereocenters. The van der Waals surface area contributed by atoms with Crippen LogP contribution in [0.2, 0.25) is 0 Å². The second-order valence-electron chi connectivity index (χ2n) is 6.18. The van der Waals surface area contributed by atoms with Crippen LogP contribution >= 0.6 is 11.8 Å². The molecule has 8 heteroatoms. The van der Waals surface area contributed by atoms with Gasteiger partial charge in [-0.1, -0.05) is 37.2 Å². The van der Waals surface area contributed by atoms with Crippen LogP contribution in [-0.4, -0.2) is 32.0 Å². The summed E-state index contributed by atoms with van der Waals surface area (Å²) in [5.41, 5.74) is 1.02. The number of aryl methyl sites for hydroxylation is 1. The van der Waals surface area contributed by atoms with E-state index in [1.54, 1.807) is 18.9 Å². The van der Waals surface area contributed by atoms with Crippen molar-refractivity contribution in [2.45, 2.75) is 57.0 Å². The van der Waals surface area contributed by atoms with Crippen molar-refractivity contribution in [2.24, 2.45) is 0 Å². The fraction of sp³-hybridized carbons (Fsp3) is 0.474. The van der Waals surface area contributed by atoms with Gasteiger partial charge in [-0.15, -0.1) is 10.2 Å². The number of thioether (sulfide) groups is 1. The smallest absolute Gasteiger partial charge is 0.237 e. The average molecular weight is 388 g/mol. The van der Waals surface area contributed by atoms with Crippen LogP contribution in [0.25, 0.3) is 11.4 Å². The zero-order valence-electron chi connectivity index (χ0n) is 16.0. The summed E-state index contributed by atoms with van der Waals surface area (Å²) in [6.07, 6.45) is 4.01. The first kappa shape index (κ1) is 19.4. The molecule has 27 heavy (non-hydrogen) atoms. The molecule has 0 aliphatic rings. The zero-order chi connectivity index (χ0) is 19.1. The second-order valence-corrected chi connectivity index (χ2v) is 7.13. The molecule has 3 rings (SSSR count). The Morgan fingerprint density at radius 2 is 1.93 bits per heavy atom. The van der Waals surface area contributed by atoms with Gasteiger partial charge in [0, 0.05) is 18.5 Å². The predicted molar refractivity (Wildman–Crippen MR) is 105 cm³/mol. The van der Waals surface area contributed by atoms with E-state index in [1.165, 1.54) is 0 Å². The zero-order valence-corrected chi connectivity index (χ0v) is 16.8. The second kappa shape index (κ2) is 9.55. The Morgan fingerprint density at radius 1 is 1.11 bits per heavy atom. The third kappa shape index (κ3) is 4.88. The Morgan fingerprint density at radius 3 is 2.63 bits per heavy atom. The minimum absolute atomic E-state index is 0.587. The summed E-state index contributed by atoms with van der Waals surface area (Å²) in [4.78, 5) is 4.42. The first-order valence-corrected chi connectivity index (χ1v) is 10.3. The van der Waals surface area contributed by atoms with Crippen LogP contribution < -0.4 is 4.74 Å². The molecule has 1 aromatic carbocycles. The van der Waals surface area contributed by atoms with Crippen molar-refractivity contribution in [1.29, 1.82) is 0 Å². The van der Waals surface area contributed by atoms with Gasteiger partial charge in [0.1, 0.15) is 5.75 Å². The fourth-order valence-electron chi connectivity index (χ4n) is 2.67. The van der Waals surface area contributed by atoms with Gasteiger partial charge >= 0.3 is 0 Å². The summed E-state index contributed by atoms with van der Waals surface area (Å²) in [7, 11) is 1.66. The number of methoxy groups -OCH3 is 1. The van der Waals surface area contributed by atoms with Crippen molar-refractivity contribution in [3.63, 3.8) is 0 Å². The number of rotatable bonds is 10. The Balaban J connectivity index is 1.78. The molecule has 0 saturated heterocycles. The largest absolute Gasteiger partial charge is 0.497 e. The lowest BCUT2D eigenvalue weighted by Gasteiger charge is -2.09. The third-order valence-corrected chi connectivity index (χ3v) is 5.06. The quantitative estimate of drug-likeness (QED) is 0.478. The molecule has 2 aromatic heterocycles. The monoisotopic (exact) mass is 387 g/mol.